The van der Waals surface area contributed by atoms with Gasteiger partial charge in [0.05, 0.1) is 49.5 Å². The van der Waals surface area contributed by atoms with Crippen molar-refractivity contribution in [2.75, 3.05) is 0 Å². The lowest BCUT2D eigenvalue weighted by Gasteiger charge is -2.11. The molecule has 206 valence electrons. The normalized spacial score (nSPS) is 18.0. The molecule has 2 heterocycles. The zero-order valence-electron chi connectivity index (χ0n) is 42.5. The van der Waals surface area contributed by atoms with E-state index in [-0.39, 0.29) is 90.3 Å². The Kier molecular flexibility index (Phi) is 2.70. The fraction of sp³-hybridized carbons (Fsp3) is 0. The number of aromatic nitrogens is 2. The minimum absolute atomic E-state index is 0.0533. The van der Waals surface area contributed by atoms with E-state index in [4.69, 9.17) is 17.8 Å². The summed E-state index contributed by atoms with van der Waals surface area (Å²) >= 11 is 0. The molecular formula is C42H28N2. The van der Waals surface area contributed by atoms with Gasteiger partial charge in [-0.1, -0.05) is 109 Å². The number of hydrogen-bond donors (Lipinski definition) is 0. The average molecular weight is 581 g/mol. The molecule has 0 atom stereocenters. The van der Waals surface area contributed by atoms with Crippen molar-refractivity contribution in [1.82, 2.24) is 9.13 Å². The lowest BCUT2D eigenvalue weighted by molar-refractivity contribution is 1.18. The first-order chi connectivity index (χ1) is 30.1. The number of hydrogen-bond acceptors (Lipinski definition) is 0. The van der Waals surface area contributed by atoms with Crippen molar-refractivity contribution < 1.29 is 27.4 Å². The third-order valence-corrected chi connectivity index (χ3v) is 7.34. The van der Waals surface area contributed by atoms with Crippen LogP contribution in [0.25, 0.3) is 77.2 Å². The Morgan fingerprint density at radius 3 is 1.55 bits per heavy atom. The molecule has 0 aliphatic carbocycles. The second-order valence-corrected chi connectivity index (χ2v) is 9.81. The van der Waals surface area contributed by atoms with Crippen molar-refractivity contribution in [2.45, 2.75) is 0 Å². The van der Waals surface area contributed by atoms with E-state index >= 15 is 0 Å². The van der Waals surface area contributed by atoms with E-state index in [9.17, 15) is 9.60 Å². The first-order valence-electron chi connectivity index (χ1n) is 23.5. The number of para-hydroxylation sites is 3. The standard InChI is InChI=1S/C42H28N2/c1-3-12-29(13-4-1)30-14-11-17-34(26-30)44-40-21-10-8-19-36(40)38-28-32(23-25-42(38)44)31-22-24-41-37(27-31)35-18-7-9-20-39(35)43(41)33-15-5-2-6-16-33/h1-28H/i1D,2D,7D,8D,9D,10D,12D,15D,16D,18D,19D,20D,21D,22D,23D,24D,25D,26D,27D,28D. The highest BCUT2D eigenvalue weighted by Gasteiger charge is 2.16. The van der Waals surface area contributed by atoms with Gasteiger partial charge in [0.2, 0.25) is 0 Å². The molecule has 0 unspecified atom stereocenters. The second-order valence-electron chi connectivity index (χ2n) is 9.81. The molecule has 0 saturated heterocycles. The third kappa shape index (κ3) is 3.82. The lowest BCUT2D eigenvalue weighted by atomic mass is 10.0. The highest BCUT2D eigenvalue weighted by atomic mass is 15.0. The third-order valence-electron chi connectivity index (χ3n) is 7.34. The molecule has 2 aromatic heterocycles. The van der Waals surface area contributed by atoms with Crippen molar-refractivity contribution in [1.29, 1.82) is 0 Å². The van der Waals surface area contributed by atoms with Crippen LogP contribution in [0.3, 0.4) is 0 Å². The van der Waals surface area contributed by atoms with Crippen LogP contribution in [0.2, 0.25) is 0 Å². The maximum atomic E-state index is 9.75. The Morgan fingerprint density at radius 1 is 0.341 bits per heavy atom. The van der Waals surface area contributed by atoms with Crippen LogP contribution in [0.15, 0.2) is 169 Å². The van der Waals surface area contributed by atoms with Crippen molar-refractivity contribution in [3.8, 4) is 33.6 Å². The molecule has 0 aliphatic heterocycles. The molecule has 0 bridgehead atoms. The summed E-state index contributed by atoms with van der Waals surface area (Å²) in [4.78, 5) is 0. The summed E-state index contributed by atoms with van der Waals surface area (Å²) in [5.41, 5.74) is -2.43. The number of rotatable bonds is 4. The molecule has 0 fully saturated rings. The lowest BCUT2D eigenvalue weighted by Crippen LogP contribution is -1.94. The Morgan fingerprint density at radius 2 is 0.886 bits per heavy atom. The highest BCUT2D eigenvalue weighted by Crippen LogP contribution is 2.38. The molecule has 2 heteroatoms. The minimum Gasteiger partial charge on any atom is -0.309 e. The molecule has 9 rings (SSSR count). The predicted octanol–water partition coefficient (Wildman–Crippen LogP) is 11.2. The van der Waals surface area contributed by atoms with Crippen LogP contribution in [-0.2, 0) is 0 Å². The zero-order valence-corrected chi connectivity index (χ0v) is 22.5. The smallest absolute Gasteiger partial charge is 0.0651 e. The molecule has 2 nitrogen and oxygen atoms in total. The number of nitrogens with zero attached hydrogens (tertiary/aromatic N) is 2. The molecule has 0 amide bonds. The average Bonchev–Trinajstić information content (AvgIpc) is 3.78. The van der Waals surface area contributed by atoms with Crippen LogP contribution in [-0.4, -0.2) is 9.13 Å². The first kappa shape index (κ1) is 12.0. The SMILES string of the molecule is [2H]c1ccc(-c2cccc(-n3c4c([2H])c([2H])c([2H])c([2H])c4c4c([2H])c(-c5c([2H])c([2H])c6c(c5[2H])c5c([2H])c([2H])c([2H])c([2H])c5n6-c5c([2H])cc([2H])cc5[2H])c([2H])c([2H])c43)c2[2H])c([2H])c1. The summed E-state index contributed by atoms with van der Waals surface area (Å²) in [5, 5.41) is -1.35. The summed E-state index contributed by atoms with van der Waals surface area (Å²) in [7, 11) is 0. The van der Waals surface area contributed by atoms with Crippen molar-refractivity contribution >= 4 is 43.6 Å². The van der Waals surface area contributed by atoms with E-state index < -0.39 is 108 Å². The number of fused-ring (bicyclic) bond motifs is 6. The Balaban J connectivity index is 1.47. The van der Waals surface area contributed by atoms with Crippen molar-refractivity contribution in [3.63, 3.8) is 0 Å². The van der Waals surface area contributed by atoms with E-state index in [0.717, 1.165) is 16.7 Å². The van der Waals surface area contributed by atoms with E-state index in [2.05, 4.69) is 0 Å². The summed E-state index contributed by atoms with van der Waals surface area (Å²) in [6.45, 7) is 0. The maximum absolute atomic E-state index is 9.75. The Labute approximate surface area is 283 Å². The summed E-state index contributed by atoms with van der Waals surface area (Å²) < 4.78 is 181. The molecular weight excluding hydrogens is 532 g/mol. The van der Waals surface area contributed by atoms with Gasteiger partial charge in [0, 0.05) is 32.9 Å². The topological polar surface area (TPSA) is 9.86 Å². The largest absolute Gasteiger partial charge is 0.309 e. The molecule has 0 aliphatic rings. The van der Waals surface area contributed by atoms with Gasteiger partial charge in [-0.3, -0.25) is 0 Å². The van der Waals surface area contributed by atoms with Gasteiger partial charge in [0.25, 0.3) is 0 Å². The second kappa shape index (κ2) is 9.86. The zero-order chi connectivity index (χ0) is 46.4. The van der Waals surface area contributed by atoms with Crippen LogP contribution in [0.1, 0.15) is 27.4 Å². The Hall–Kier alpha value is -5.86. The summed E-state index contributed by atoms with van der Waals surface area (Å²) in [6.07, 6.45) is 0. The molecule has 0 radical (unpaired) electrons. The van der Waals surface area contributed by atoms with Crippen LogP contribution in [0.5, 0.6) is 0 Å². The predicted molar refractivity (Wildman–Crippen MR) is 186 cm³/mol. The first-order valence-corrected chi connectivity index (χ1v) is 13.5. The van der Waals surface area contributed by atoms with Gasteiger partial charge >= 0.3 is 0 Å². The van der Waals surface area contributed by atoms with E-state index in [0.29, 0.717) is 0 Å². The fourth-order valence-corrected chi connectivity index (χ4v) is 5.44. The fourth-order valence-electron chi connectivity index (χ4n) is 5.44. The maximum Gasteiger partial charge on any atom is 0.0651 e. The molecule has 44 heavy (non-hydrogen) atoms. The summed E-state index contributed by atoms with van der Waals surface area (Å²) in [5.74, 6) is 0. The van der Waals surface area contributed by atoms with Gasteiger partial charge in [-0.2, -0.15) is 0 Å². The quantitative estimate of drug-likeness (QED) is 0.196. The minimum atomic E-state index is -0.815. The summed E-state index contributed by atoms with van der Waals surface area (Å²) in [6, 6.07) is -0.532. The highest BCUT2D eigenvalue weighted by molar-refractivity contribution is 6.12. The van der Waals surface area contributed by atoms with Gasteiger partial charge in [-0.25, -0.2) is 0 Å². The van der Waals surface area contributed by atoms with Crippen molar-refractivity contribution in [3.05, 3.63) is 169 Å². The van der Waals surface area contributed by atoms with E-state index in [1.165, 1.54) is 41.0 Å². The van der Waals surface area contributed by atoms with Crippen LogP contribution in [0.4, 0.5) is 0 Å². The van der Waals surface area contributed by atoms with E-state index in [1.807, 2.05) is 0 Å². The van der Waals surface area contributed by atoms with Gasteiger partial charge in [0.15, 0.2) is 0 Å². The number of benzene rings is 7. The van der Waals surface area contributed by atoms with Gasteiger partial charge in [-0.15, -0.1) is 0 Å². The molecule has 0 saturated carbocycles. The molecule has 0 N–H and O–H groups in total. The van der Waals surface area contributed by atoms with Gasteiger partial charge < -0.3 is 9.13 Å². The molecule has 7 aromatic carbocycles. The van der Waals surface area contributed by atoms with Gasteiger partial charge in [0.1, 0.15) is 0 Å². The van der Waals surface area contributed by atoms with Crippen molar-refractivity contribution in [2.24, 2.45) is 0 Å². The Bertz CT molecular complexity index is 3600. The van der Waals surface area contributed by atoms with Gasteiger partial charge in [-0.05, 0) is 82.7 Å². The molecule has 9 aromatic rings. The molecule has 0 spiro atoms. The van der Waals surface area contributed by atoms with Crippen LogP contribution < -0.4 is 0 Å². The van der Waals surface area contributed by atoms with E-state index in [1.54, 1.807) is 0 Å². The van der Waals surface area contributed by atoms with Crippen LogP contribution in [0, 0.1) is 0 Å². The monoisotopic (exact) mass is 580 g/mol. The van der Waals surface area contributed by atoms with Crippen LogP contribution >= 0.6 is 0 Å².